The maximum atomic E-state index is 13.6. The van der Waals surface area contributed by atoms with Crippen LogP contribution in [0.25, 0.3) is 22.0 Å². The first-order valence-electron chi connectivity index (χ1n) is 11.3. The zero-order chi connectivity index (χ0) is 24.1. The van der Waals surface area contributed by atoms with Gasteiger partial charge in [0.25, 0.3) is 0 Å². The van der Waals surface area contributed by atoms with Crippen molar-refractivity contribution < 1.29 is 24.1 Å². The Balaban J connectivity index is 2.01. The normalized spacial score (nSPS) is 13.2. The molecule has 0 aliphatic heterocycles. The molecule has 6 heteroatoms. The van der Waals surface area contributed by atoms with E-state index in [0.29, 0.717) is 12.8 Å². The average Bonchev–Trinajstić information content (AvgIpc) is 3.06. The van der Waals surface area contributed by atoms with E-state index in [-0.39, 0.29) is 30.1 Å². The van der Waals surface area contributed by atoms with Crippen LogP contribution in [0.1, 0.15) is 52.3 Å². The maximum absolute atomic E-state index is 13.6. The number of hydrogen-bond acceptors (Lipinski definition) is 3. The number of ether oxygens (including phenoxy) is 1. The number of carboxylic acid groups (broad SMARTS) is 1. The molecule has 1 aromatic heterocycles. The standard InChI is InChI=1S/C27H32FNO4/c1-17(2)29-24-8-6-5-7-23(24)27(19-9-11-20(28)12-10-19)25(29)14-13-21(30)15-22(16-26(31)32)33-18(3)4/h5-12,15,17-18,22,30H,13-14,16H2,1-4H3,(H,31,32)/b21-15-. The monoisotopic (exact) mass is 453 g/mol. The summed E-state index contributed by atoms with van der Waals surface area (Å²) in [5.41, 5.74) is 4.06. The molecule has 0 radical (unpaired) electrons. The van der Waals surface area contributed by atoms with Gasteiger partial charge in [0.2, 0.25) is 0 Å². The van der Waals surface area contributed by atoms with E-state index in [2.05, 4.69) is 30.5 Å². The molecule has 176 valence electrons. The van der Waals surface area contributed by atoms with Crippen LogP contribution >= 0.6 is 0 Å². The van der Waals surface area contributed by atoms with Gasteiger partial charge < -0.3 is 19.5 Å². The number of fused-ring (bicyclic) bond motifs is 1. The number of aliphatic hydroxyl groups is 1. The molecule has 3 rings (SSSR count). The number of hydrogen-bond donors (Lipinski definition) is 2. The van der Waals surface area contributed by atoms with E-state index >= 15 is 0 Å². The molecule has 33 heavy (non-hydrogen) atoms. The summed E-state index contributed by atoms with van der Waals surface area (Å²) in [4.78, 5) is 11.2. The van der Waals surface area contributed by atoms with Gasteiger partial charge in [-0.2, -0.15) is 0 Å². The molecule has 1 atom stereocenters. The number of allylic oxidation sites excluding steroid dienone is 1. The fourth-order valence-electron chi connectivity index (χ4n) is 4.30. The highest BCUT2D eigenvalue weighted by atomic mass is 19.1. The van der Waals surface area contributed by atoms with E-state index in [1.807, 2.05) is 26.0 Å². The first kappa shape index (κ1) is 24.5. The lowest BCUT2D eigenvalue weighted by atomic mass is 9.99. The second-order valence-electron chi connectivity index (χ2n) is 8.79. The van der Waals surface area contributed by atoms with E-state index in [0.717, 1.165) is 27.7 Å². The molecule has 1 unspecified atom stereocenters. The number of nitrogens with zero attached hydrogens (tertiary/aromatic N) is 1. The van der Waals surface area contributed by atoms with Crippen LogP contribution in [0.15, 0.2) is 60.4 Å². The van der Waals surface area contributed by atoms with Crippen molar-refractivity contribution in [2.75, 3.05) is 0 Å². The van der Waals surface area contributed by atoms with E-state index in [9.17, 15) is 14.3 Å². The number of rotatable bonds is 10. The summed E-state index contributed by atoms with van der Waals surface area (Å²) >= 11 is 0. The number of carbonyl (C=O) groups is 1. The highest BCUT2D eigenvalue weighted by molar-refractivity contribution is 5.98. The van der Waals surface area contributed by atoms with E-state index in [1.165, 1.54) is 18.2 Å². The molecule has 0 saturated carbocycles. The van der Waals surface area contributed by atoms with Crippen molar-refractivity contribution in [1.82, 2.24) is 4.57 Å². The quantitative estimate of drug-likeness (QED) is 0.336. The van der Waals surface area contributed by atoms with Gasteiger partial charge in [0, 0.05) is 34.6 Å². The zero-order valence-corrected chi connectivity index (χ0v) is 19.6. The summed E-state index contributed by atoms with van der Waals surface area (Å²) in [6.07, 6.45) is 1.28. The van der Waals surface area contributed by atoms with Crippen molar-refractivity contribution in [3.8, 4) is 11.1 Å². The van der Waals surface area contributed by atoms with Crippen LogP contribution in [-0.4, -0.2) is 33.0 Å². The SMILES string of the molecule is CC(C)OC(/C=C(\O)CCc1c(-c2ccc(F)cc2)c2ccccc2n1C(C)C)CC(=O)O. The van der Waals surface area contributed by atoms with Gasteiger partial charge >= 0.3 is 5.97 Å². The molecule has 5 nitrogen and oxygen atoms in total. The minimum absolute atomic E-state index is 0.0903. The lowest BCUT2D eigenvalue weighted by molar-refractivity contribution is -0.139. The highest BCUT2D eigenvalue weighted by Crippen LogP contribution is 2.38. The van der Waals surface area contributed by atoms with Crippen molar-refractivity contribution in [1.29, 1.82) is 0 Å². The predicted molar refractivity (Wildman–Crippen MR) is 129 cm³/mol. The topological polar surface area (TPSA) is 71.7 Å². The third-order valence-electron chi connectivity index (χ3n) is 5.48. The molecular formula is C27H32FNO4. The Kier molecular flexibility index (Phi) is 7.92. The van der Waals surface area contributed by atoms with E-state index < -0.39 is 12.1 Å². The summed E-state index contributed by atoms with van der Waals surface area (Å²) in [5, 5.41) is 20.9. The molecule has 2 aromatic carbocycles. The molecule has 0 amide bonds. The molecule has 0 spiro atoms. The fourth-order valence-corrected chi connectivity index (χ4v) is 4.30. The van der Waals surface area contributed by atoms with Crippen LogP contribution in [0.2, 0.25) is 0 Å². The minimum atomic E-state index is -0.983. The molecule has 2 N–H and O–H groups in total. The van der Waals surface area contributed by atoms with Crippen molar-refractivity contribution in [2.24, 2.45) is 0 Å². The number of aliphatic carboxylic acids is 1. The van der Waals surface area contributed by atoms with Gasteiger partial charge in [-0.1, -0.05) is 30.3 Å². The van der Waals surface area contributed by atoms with Crippen molar-refractivity contribution in [2.45, 2.75) is 65.2 Å². The van der Waals surface area contributed by atoms with E-state index in [1.54, 1.807) is 12.1 Å². The van der Waals surface area contributed by atoms with Crippen molar-refractivity contribution >= 4 is 16.9 Å². The number of para-hydroxylation sites is 1. The molecular weight excluding hydrogens is 421 g/mol. The lowest BCUT2D eigenvalue weighted by Crippen LogP contribution is -2.20. The van der Waals surface area contributed by atoms with Crippen LogP contribution in [0.5, 0.6) is 0 Å². The predicted octanol–water partition coefficient (Wildman–Crippen LogP) is 6.67. The number of halogens is 1. The van der Waals surface area contributed by atoms with Gasteiger partial charge in [-0.05, 0) is 64.0 Å². The second-order valence-corrected chi connectivity index (χ2v) is 8.79. The highest BCUT2D eigenvalue weighted by Gasteiger charge is 2.21. The summed E-state index contributed by atoms with van der Waals surface area (Å²) in [7, 11) is 0. The Morgan fingerprint density at radius 2 is 1.73 bits per heavy atom. The van der Waals surface area contributed by atoms with Crippen LogP contribution < -0.4 is 0 Å². The van der Waals surface area contributed by atoms with Crippen LogP contribution in [0.4, 0.5) is 4.39 Å². The number of aliphatic hydroxyl groups excluding tert-OH is 1. The number of benzene rings is 2. The van der Waals surface area contributed by atoms with Gasteiger partial charge in [0.1, 0.15) is 5.82 Å². The fraction of sp³-hybridized carbons (Fsp3) is 0.370. The first-order chi connectivity index (χ1) is 15.7. The Hall–Kier alpha value is -3.12. The van der Waals surface area contributed by atoms with Gasteiger partial charge in [-0.25, -0.2) is 4.39 Å². The first-order valence-corrected chi connectivity index (χ1v) is 11.3. The third-order valence-corrected chi connectivity index (χ3v) is 5.48. The molecule has 1 heterocycles. The Labute approximate surface area is 194 Å². The molecule has 0 saturated heterocycles. The molecule has 3 aromatic rings. The van der Waals surface area contributed by atoms with Gasteiger partial charge in [-0.15, -0.1) is 0 Å². The Morgan fingerprint density at radius 3 is 2.33 bits per heavy atom. The molecule has 0 fully saturated rings. The van der Waals surface area contributed by atoms with Gasteiger partial charge in [0.15, 0.2) is 0 Å². The summed E-state index contributed by atoms with van der Waals surface area (Å²) in [6.45, 7) is 7.88. The Morgan fingerprint density at radius 1 is 1.06 bits per heavy atom. The lowest BCUT2D eigenvalue weighted by Gasteiger charge is -2.18. The van der Waals surface area contributed by atoms with Crippen LogP contribution in [0, 0.1) is 5.82 Å². The molecule has 0 bridgehead atoms. The second kappa shape index (κ2) is 10.7. The van der Waals surface area contributed by atoms with Crippen molar-refractivity contribution in [3.63, 3.8) is 0 Å². The smallest absolute Gasteiger partial charge is 0.306 e. The average molecular weight is 454 g/mol. The summed E-state index contributed by atoms with van der Waals surface area (Å²) < 4.78 is 21.5. The number of aromatic nitrogens is 1. The molecule has 0 aliphatic rings. The van der Waals surface area contributed by atoms with Gasteiger partial charge in [0.05, 0.1) is 24.4 Å². The summed E-state index contributed by atoms with van der Waals surface area (Å²) in [6, 6.07) is 14.8. The Bertz CT molecular complexity index is 1130. The van der Waals surface area contributed by atoms with Crippen molar-refractivity contribution in [3.05, 3.63) is 71.9 Å². The third kappa shape index (κ3) is 6.02. The summed E-state index contributed by atoms with van der Waals surface area (Å²) in [5.74, 6) is -1.18. The van der Waals surface area contributed by atoms with Crippen LogP contribution in [0.3, 0.4) is 0 Å². The van der Waals surface area contributed by atoms with Crippen LogP contribution in [-0.2, 0) is 16.0 Å². The largest absolute Gasteiger partial charge is 0.513 e. The van der Waals surface area contributed by atoms with E-state index in [4.69, 9.17) is 9.84 Å². The number of carboxylic acids is 1. The minimum Gasteiger partial charge on any atom is -0.513 e. The molecule has 0 aliphatic carbocycles. The maximum Gasteiger partial charge on any atom is 0.306 e. The zero-order valence-electron chi connectivity index (χ0n) is 19.6. The van der Waals surface area contributed by atoms with Gasteiger partial charge in [-0.3, -0.25) is 4.79 Å².